The summed E-state index contributed by atoms with van der Waals surface area (Å²) in [5, 5.41) is 10.1. The quantitative estimate of drug-likeness (QED) is 0.762. The Morgan fingerprint density at radius 2 is 1.91 bits per heavy atom. The number of rotatable bonds is 9. The molecule has 4 nitrogen and oxygen atoms in total. The topological polar surface area (TPSA) is 43.8 Å². The van der Waals surface area contributed by atoms with Gasteiger partial charge in [0.05, 0.1) is 6.10 Å². The number of benzene rings is 1. The molecule has 1 amide bonds. The summed E-state index contributed by atoms with van der Waals surface area (Å²) in [7, 11) is 4.00. The fraction of sp³-hybridized carbons (Fsp3) is 0.611. The number of carbonyl (C=O) groups excluding carboxylic acids is 1. The first-order valence-corrected chi connectivity index (χ1v) is 8.25. The maximum atomic E-state index is 12.1. The molecule has 0 unspecified atom stereocenters. The molecule has 1 aromatic rings. The Morgan fingerprint density at radius 1 is 1.23 bits per heavy atom. The number of carbonyl (C=O) groups is 1. The molecule has 1 fully saturated rings. The lowest BCUT2D eigenvalue weighted by atomic mass is 10.0. The van der Waals surface area contributed by atoms with Crippen LogP contribution in [0.15, 0.2) is 30.3 Å². The molecule has 0 saturated heterocycles. The van der Waals surface area contributed by atoms with Crippen molar-refractivity contribution in [3.8, 4) is 0 Å². The number of nitrogens with zero attached hydrogens (tertiary/aromatic N) is 2. The molecule has 0 aliphatic heterocycles. The monoisotopic (exact) mass is 304 g/mol. The van der Waals surface area contributed by atoms with E-state index in [1.165, 1.54) is 12.8 Å². The van der Waals surface area contributed by atoms with Crippen LogP contribution < -0.4 is 0 Å². The van der Waals surface area contributed by atoms with Crippen LogP contribution in [-0.4, -0.2) is 54.0 Å². The van der Waals surface area contributed by atoms with E-state index in [2.05, 4.69) is 11.9 Å². The standard InChI is InChI=1S/C18H28N2O2/c1-19(16-11-12-16)13-14-20(2)18(22)10-6-9-17(21)15-7-4-3-5-8-15/h3-5,7-8,16-17,21H,6,9-14H2,1-2H3/t17-/m0/s1. The number of amides is 1. The molecule has 1 aromatic carbocycles. The Kier molecular flexibility index (Phi) is 6.40. The van der Waals surface area contributed by atoms with Gasteiger partial charge in [-0.15, -0.1) is 0 Å². The Hall–Kier alpha value is -1.39. The van der Waals surface area contributed by atoms with Gasteiger partial charge < -0.3 is 14.9 Å². The molecule has 0 bridgehead atoms. The van der Waals surface area contributed by atoms with Gasteiger partial charge in [0.25, 0.3) is 0 Å². The van der Waals surface area contributed by atoms with Crippen LogP contribution in [0.25, 0.3) is 0 Å². The fourth-order valence-electron chi connectivity index (χ4n) is 2.61. The summed E-state index contributed by atoms with van der Waals surface area (Å²) in [6.45, 7) is 1.73. The molecule has 0 spiro atoms. The zero-order valence-electron chi connectivity index (χ0n) is 13.7. The molecule has 2 rings (SSSR count). The van der Waals surface area contributed by atoms with Crippen molar-refractivity contribution in [1.82, 2.24) is 9.80 Å². The molecule has 1 aliphatic carbocycles. The zero-order valence-corrected chi connectivity index (χ0v) is 13.7. The molecule has 0 radical (unpaired) electrons. The molecule has 1 saturated carbocycles. The minimum atomic E-state index is -0.472. The average Bonchev–Trinajstić information content (AvgIpc) is 3.37. The normalized spacial score (nSPS) is 15.8. The van der Waals surface area contributed by atoms with Crippen molar-refractivity contribution in [2.45, 2.75) is 44.2 Å². The van der Waals surface area contributed by atoms with Crippen molar-refractivity contribution < 1.29 is 9.90 Å². The highest BCUT2D eigenvalue weighted by Gasteiger charge is 2.26. The van der Waals surface area contributed by atoms with Gasteiger partial charge in [0.15, 0.2) is 0 Å². The van der Waals surface area contributed by atoms with E-state index >= 15 is 0 Å². The van der Waals surface area contributed by atoms with E-state index in [1.807, 2.05) is 42.3 Å². The van der Waals surface area contributed by atoms with Crippen LogP contribution in [-0.2, 0) is 4.79 Å². The summed E-state index contributed by atoms with van der Waals surface area (Å²) in [5.74, 6) is 0.171. The molecule has 0 heterocycles. The van der Waals surface area contributed by atoms with E-state index in [0.717, 1.165) is 31.1 Å². The van der Waals surface area contributed by atoms with E-state index in [1.54, 1.807) is 0 Å². The smallest absolute Gasteiger partial charge is 0.222 e. The van der Waals surface area contributed by atoms with E-state index in [9.17, 15) is 9.90 Å². The van der Waals surface area contributed by atoms with Gasteiger partial charge in [-0.05, 0) is 38.3 Å². The van der Waals surface area contributed by atoms with Gasteiger partial charge >= 0.3 is 0 Å². The SMILES string of the molecule is CN(CCN(C)C1CC1)C(=O)CCC[C@H](O)c1ccccc1. The van der Waals surface area contributed by atoms with Crippen LogP contribution in [0.3, 0.4) is 0 Å². The van der Waals surface area contributed by atoms with Crippen LogP contribution in [0.5, 0.6) is 0 Å². The first kappa shape index (κ1) is 17.0. The minimum absolute atomic E-state index is 0.171. The summed E-state index contributed by atoms with van der Waals surface area (Å²) in [4.78, 5) is 16.2. The second-order valence-corrected chi connectivity index (χ2v) is 6.35. The van der Waals surface area contributed by atoms with Gasteiger partial charge in [-0.1, -0.05) is 30.3 Å². The maximum Gasteiger partial charge on any atom is 0.222 e. The number of likely N-dealkylation sites (N-methyl/N-ethyl adjacent to an activating group) is 2. The summed E-state index contributed by atoms with van der Waals surface area (Å²) in [6, 6.07) is 10.4. The molecular formula is C18H28N2O2. The minimum Gasteiger partial charge on any atom is -0.388 e. The number of hydrogen-bond acceptors (Lipinski definition) is 3. The highest BCUT2D eigenvalue weighted by Crippen LogP contribution is 2.24. The number of aliphatic hydroxyl groups is 1. The van der Waals surface area contributed by atoms with Crippen LogP contribution in [0, 0.1) is 0 Å². The highest BCUT2D eigenvalue weighted by molar-refractivity contribution is 5.75. The van der Waals surface area contributed by atoms with Crippen LogP contribution in [0.4, 0.5) is 0 Å². The van der Waals surface area contributed by atoms with Gasteiger partial charge in [0.2, 0.25) is 5.91 Å². The lowest BCUT2D eigenvalue weighted by molar-refractivity contribution is -0.130. The van der Waals surface area contributed by atoms with Gasteiger partial charge in [0, 0.05) is 32.6 Å². The van der Waals surface area contributed by atoms with Gasteiger partial charge in [-0.2, -0.15) is 0 Å². The summed E-state index contributed by atoms with van der Waals surface area (Å²) >= 11 is 0. The molecule has 1 aliphatic rings. The number of aliphatic hydroxyl groups excluding tert-OH is 1. The largest absolute Gasteiger partial charge is 0.388 e. The first-order valence-electron chi connectivity index (χ1n) is 8.25. The van der Waals surface area contributed by atoms with Gasteiger partial charge in [-0.3, -0.25) is 4.79 Å². The Labute approximate surface area is 133 Å². The molecule has 22 heavy (non-hydrogen) atoms. The average molecular weight is 304 g/mol. The molecule has 1 N–H and O–H groups in total. The molecule has 1 atom stereocenters. The van der Waals surface area contributed by atoms with Crippen molar-refractivity contribution in [2.75, 3.05) is 27.2 Å². The Bertz CT molecular complexity index is 459. The highest BCUT2D eigenvalue weighted by atomic mass is 16.3. The maximum absolute atomic E-state index is 12.1. The van der Waals surface area contributed by atoms with E-state index in [0.29, 0.717) is 12.8 Å². The van der Waals surface area contributed by atoms with Crippen LogP contribution in [0.2, 0.25) is 0 Å². The number of hydrogen-bond donors (Lipinski definition) is 1. The van der Waals surface area contributed by atoms with Crippen LogP contribution >= 0.6 is 0 Å². The van der Waals surface area contributed by atoms with Crippen molar-refractivity contribution in [2.24, 2.45) is 0 Å². The zero-order chi connectivity index (χ0) is 15.9. The second kappa shape index (κ2) is 8.30. The third-order valence-electron chi connectivity index (χ3n) is 4.44. The molecule has 4 heteroatoms. The van der Waals surface area contributed by atoms with Gasteiger partial charge in [-0.25, -0.2) is 0 Å². The van der Waals surface area contributed by atoms with E-state index in [4.69, 9.17) is 0 Å². The van der Waals surface area contributed by atoms with Crippen molar-refractivity contribution >= 4 is 5.91 Å². The lowest BCUT2D eigenvalue weighted by Crippen LogP contribution is -2.35. The van der Waals surface area contributed by atoms with Crippen LogP contribution in [0.1, 0.15) is 43.8 Å². The Morgan fingerprint density at radius 3 is 2.55 bits per heavy atom. The molecule has 122 valence electrons. The van der Waals surface area contributed by atoms with E-state index in [-0.39, 0.29) is 5.91 Å². The van der Waals surface area contributed by atoms with Crippen molar-refractivity contribution in [3.05, 3.63) is 35.9 Å². The second-order valence-electron chi connectivity index (χ2n) is 6.35. The summed E-state index contributed by atoms with van der Waals surface area (Å²) in [6.07, 6.45) is 3.98. The molecule has 0 aromatic heterocycles. The predicted molar refractivity (Wildman–Crippen MR) is 88.5 cm³/mol. The lowest BCUT2D eigenvalue weighted by Gasteiger charge is -2.22. The van der Waals surface area contributed by atoms with Crippen molar-refractivity contribution in [3.63, 3.8) is 0 Å². The fourth-order valence-corrected chi connectivity index (χ4v) is 2.61. The Balaban J connectivity index is 1.62. The third-order valence-corrected chi connectivity index (χ3v) is 4.44. The predicted octanol–water partition coefficient (Wildman–Crippen LogP) is 2.44. The third kappa shape index (κ3) is 5.43. The summed E-state index contributed by atoms with van der Waals surface area (Å²) < 4.78 is 0. The molecular weight excluding hydrogens is 276 g/mol. The van der Waals surface area contributed by atoms with Crippen molar-refractivity contribution in [1.29, 1.82) is 0 Å². The van der Waals surface area contributed by atoms with Gasteiger partial charge in [0.1, 0.15) is 0 Å². The summed E-state index contributed by atoms with van der Waals surface area (Å²) in [5.41, 5.74) is 0.925. The first-order chi connectivity index (χ1) is 10.6. The van der Waals surface area contributed by atoms with E-state index < -0.39 is 6.10 Å².